The van der Waals surface area contributed by atoms with Crippen LogP contribution in [0, 0.1) is 0 Å². The lowest BCUT2D eigenvalue weighted by molar-refractivity contribution is -0.152. The number of halogens is 1. The summed E-state index contributed by atoms with van der Waals surface area (Å²) in [4.78, 5) is 13.5. The van der Waals surface area contributed by atoms with Crippen LogP contribution in [0.1, 0.15) is 32.6 Å². The van der Waals surface area contributed by atoms with Crippen molar-refractivity contribution in [1.29, 1.82) is 0 Å². The van der Waals surface area contributed by atoms with Gasteiger partial charge in [0.25, 0.3) is 0 Å². The van der Waals surface area contributed by atoms with Crippen molar-refractivity contribution in [2.45, 2.75) is 48.3 Å². The fourth-order valence-corrected chi connectivity index (χ4v) is 4.78. The van der Waals surface area contributed by atoms with Crippen LogP contribution in [-0.2, 0) is 9.53 Å². The highest BCUT2D eigenvalue weighted by Crippen LogP contribution is 2.39. The molecule has 0 spiro atoms. The normalized spacial score (nSPS) is 25.6. The molecular formula is C16H22BrNO2S. The van der Waals surface area contributed by atoms with Crippen LogP contribution in [0.4, 0.5) is 0 Å². The molecule has 0 amide bonds. The number of carbonyl (C=O) groups excluding carboxylic acids is 1. The van der Waals surface area contributed by atoms with Gasteiger partial charge in [0, 0.05) is 14.6 Å². The van der Waals surface area contributed by atoms with Crippen molar-refractivity contribution >= 4 is 33.7 Å². The highest BCUT2D eigenvalue weighted by molar-refractivity contribution is 9.10. The molecule has 0 bridgehead atoms. The van der Waals surface area contributed by atoms with Crippen LogP contribution in [0.2, 0.25) is 0 Å². The second kappa shape index (κ2) is 7.65. The van der Waals surface area contributed by atoms with E-state index < -0.39 is 5.54 Å². The van der Waals surface area contributed by atoms with Crippen molar-refractivity contribution in [3.63, 3.8) is 0 Å². The third-order valence-electron chi connectivity index (χ3n) is 3.95. The van der Waals surface area contributed by atoms with E-state index in [0.29, 0.717) is 11.9 Å². The summed E-state index contributed by atoms with van der Waals surface area (Å²) < 4.78 is 6.37. The molecule has 0 aromatic heterocycles. The lowest BCUT2D eigenvalue weighted by atomic mass is 9.81. The highest BCUT2D eigenvalue weighted by Gasteiger charge is 2.43. The minimum atomic E-state index is -0.516. The molecule has 1 aliphatic carbocycles. The maximum absolute atomic E-state index is 12.3. The third-order valence-corrected chi connectivity index (χ3v) is 5.70. The lowest BCUT2D eigenvalue weighted by Gasteiger charge is -2.38. The Morgan fingerprint density at radius 2 is 2.38 bits per heavy atom. The SMILES string of the molecule is CCOC(=O)C1(NC)CCCC(Sc2cccc(Br)c2)C1. The molecule has 1 aromatic carbocycles. The summed E-state index contributed by atoms with van der Waals surface area (Å²) >= 11 is 5.36. The van der Waals surface area contributed by atoms with Gasteiger partial charge in [0.05, 0.1) is 6.61 Å². The molecule has 0 saturated heterocycles. The predicted octanol–water partition coefficient (Wildman–Crippen LogP) is 4.01. The summed E-state index contributed by atoms with van der Waals surface area (Å²) in [6.07, 6.45) is 3.86. The van der Waals surface area contributed by atoms with Gasteiger partial charge in [-0.15, -0.1) is 11.8 Å². The van der Waals surface area contributed by atoms with Gasteiger partial charge >= 0.3 is 5.97 Å². The van der Waals surface area contributed by atoms with Crippen molar-refractivity contribution in [3.8, 4) is 0 Å². The number of rotatable bonds is 5. The molecule has 0 aliphatic heterocycles. The third kappa shape index (κ3) is 4.24. The lowest BCUT2D eigenvalue weighted by Crippen LogP contribution is -2.54. The molecule has 2 atom stereocenters. The van der Waals surface area contributed by atoms with Gasteiger partial charge in [-0.1, -0.05) is 22.0 Å². The van der Waals surface area contributed by atoms with Crippen LogP contribution in [0.5, 0.6) is 0 Å². The fraction of sp³-hybridized carbons (Fsp3) is 0.562. The Labute approximate surface area is 139 Å². The summed E-state index contributed by atoms with van der Waals surface area (Å²) in [5.41, 5.74) is -0.516. The van der Waals surface area contributed by atoms with Crippen molar-refractivity contribution in [1.82, 2.24) is 5.32 Å². The molecule has 2 rings (SSSR count). The first-order chi connectivity index (χ1) is 10.1. The molecule has 1 saturated carbocycles. The van der Waals surface area contributed by atoms with Gasteiger partial charge < -0.3 is 10.1 Å². The number of benzene rings is 1. The molecule has 1 fully saturated rings. The molecule has 0 heterocycles. The van der Waals surface area contributed by atoms with E-state index in [-0.39, 0.29) is 5.97 Å². The van der Waals surface area contributed by atoms with E-state index in [1.54, 1.807) is 0 Å². The molecule has 1 N–H and O–H groups in total. The number of carbonyl (C=O) groups is 1. The summed E-state index contributed by atoms with van der Waals surface area (Å²) in [5, 5.41) is 3.67. The Morgan fingerprint density at radius 3 is 3.05 bits per heavy atom. The van der Waals surface area contributed by atoms with E-state index in [2.05, 4.69) is 33.4 Å². The standard InChI is InChI=1S/C16H22BrNO2S/c1-3-20-15(19)16(18-2)9-5-8-14(11-16)21-13-7-4-6-12(17)10-13/h4,6-7,10,14,18H,3,5,8-9,11H2,1-2H3. The Balaban J connectivity index is 2.07. The predicted molar refractivity (Wildman–Crippen MR) is 90.7 cm³/mol. The Bertz CT molecular complexity index is 497. The van der Waals surface area contributed by atoms with Crippen molar-refractivity contribution in [2.75, 3.05) is 13.7 Å². The van der Waals surface area contributed by atoms with Crippen LogP contribution in [-0.4, -0.2) is 30.4 Å². The quantitative estimate of drug-likeness (QED) is 0.793. The van der Waals surface area contributed by atoms with Gasteiger partial charge in [-0.05, 0) is 57.9 Å². The molecule has 2 unspecified atom stereocenters. The van der Waals surface area contributed by atoms with Gasteiger partial charge in [-0.3, -0.25) is 4.79 Å². The molecule has 116 valence electrons. The summed E-state index contributed by atoms with van der Waals surface area (Å²) in [6, 6.07) is 8.33. The van der Waals surface area contributed by atoms with Crippen molar-refractivity contribution in [2.24, 2.45) is 0 Å². The Kier molecular flexibility index (Phi) is 6.14. The molecule has 0 radical (unpaired) electrons. The van der Waals surface area contributed by atoms with Crippen LogP contribution in [0.25, 0.3) is 0 Å². The summed E-state index contributed by atoms with van der Waals surface area (Å²) in [7, 11) is 1.86. The molecule has 1 aromatic rings. The smallest absolute Gasteiger partial charge is 0.326 e. The molecule has 21 heavy (non-hydrogen) atoms. The summed E-state index contributed by atoms with van der Waals surface area (Å²) in [6.45, 7) is 2.30. The largest absolute Gasteiger partial charge is 0.465 e. The first-order valence-corrected chi connectivity index (χ1v) is 9.05. The molecule has 1 aliphatic rings. The van der Waals surface area contributed by atoms with Gasteiger partial charge in [0.1, 0.15) is 5.54 Å². The van der Waals surface area contributed by atoms with Gasteiger partial charge in [0.2, 0.25) is 0 Å². The molecule has 5 heteroatoms. The number of hydrogen-bond donors (Lipinski definition) is 1. The van der Waals surface area contributed by atoms with E-state index in [9.17, 15) is 4.79 Å². The minimum Gasteiger partial charge on any atom is -0.465 e. The maximum atomic E-state index is 12.3. The zero-order valence-electron chi connectivity index (χ0n) is 12.5. The molecule has 3 nitrogen and oxygen atoms in total. The number of esters is 1. The van der Waals surface area contributed by atoms with Crippen LogP contribution >= 0.6 is 27.7 Å². The van der Waals surface area contributed by atoms with Crippen LogP contribution < -0.4 is 5.32 Å². The van der Waals surface area contributed by atoms with E-state index in [4.69, 9.17) is 4.74 Å². The average Bonchev–Trinajstić information content (AvgIpc) is 2.47. The number of thioether (sulfide) groups is 1. The summed E-state index contributed by atoms with van der Waals surface area (Å²) in [5.74, 6) is -0.105. The average molecular weight is 372 g/mol. The molecular weight excluding hydrogens is 350 g/mol. The first-order valence-electron chi connectivity index (χ1n) is 7.38. The second-order valence-electron chi connectivity index (χ2n) is 5.35. The van der Waals surface area contributed by atoms with E-state index in [1.165, 1.54) is 4.90 Å². The fourth-order valence-electron chi connectivity index (χ4n) is 2.84. The monoisotopic (exact) mass is 371 g/mol. The Hall–Kier alpha value is -0.520. The van der Waals surface area contributed by atoms with Gasteiger partial charge in [-0.2, -0.15) is 0 Å². The number of ether oxygens (including phenoxy) is 1. The topological polar surface area (TPSA) is 38.3 Å². The first kappa shape index (κ1) is 16.8. The Morgan fingerprint density at radius 1 is 1.57 bits per heavy atom. The number of nitrogens with one attached hydrogen (secondary N) is 1. The van der Waals surface area contributed by atoms with Crippen molar-refractivity contribution < 1.29 is 9.53 Å². The zero-order chi connectivity index (χ0) is 15.3. The van der Waals surface area contributed by atoms with E-state index >= 15 is 0 Å². The van der Waals surface area contributed by atoms with Crippen molar-refractivity contribution in [3.05, 3.63) is 28.7 Å². The highest BCUT2D eigenvalue weighted by atomic mass is 79.9. The van der Waals surface area contributed by atoms with E-state index in [1.807, 2.05) is 37.9 Å². The second-order valence-corrected chi connectivity index (χ2v) is 7.64. The van der Waals surface area contributed by atoms with E-state index in [0.717, 1.165) is 30.2 Å². The maximum Gasteiger partial charge on any atom is 0.326 e. The number of hydrogen-bond acceptors (Lipinski definition) is 4. The minimum absolute atomic E-state index is 0.105. The van der Waals surface area contributed by atoms with Crippen LogP contribution in [0.15, 0.2) is 33.6 Å². The van der Waals surface area contributed by atoms with Gasteiger partial charge in [-0.25, -0.2) is 0 Å². The number of likely N-dealkylation sites (N-methyl/N-ethyl adjacent to an activating group) is 1. The van der Waals surface area contributed by atoms with Crippen LogP contribution in [0.3, 0.4) is 0 Å². The zero-order valence-corrected chi connectivity index (χ0v) is 14.9. The van der Waals surface area contributed by atoms with Gasteiger partial charge in [0.15, 0.2) is 0 Å².